The van der Waals surface area contributed by atoms with Gasteiger partial charge in [0.1, 0.15) is 0 Å². The number of nitrogens with one attached hydrogen (secondary N) is 3. The molecule has 2 aliphatic carbocycles. The lowest BCUT2D eigenvalue weighted by Gasteiger charge is -2.39. The van der Waals surface area contributed by atoms with Crippen LogP contribution in [0.3, 0.4) is 0 Å². The summed E-state index contributed by atoms with van der Waals surface area (Å²) >= 11 is 4.30. The van der Waals surface area contributed by atoms with E-state index in [0.717, 1.165) is 35.1 Å². The summed E-state index contributed by atoms with van der Waals surface area (Å²) in [6, 6.07) is 45.9. The second kappa shape index (κ2) is 17.2. The lowest BCUT2D eigenvalue weighted by molar-refractivity contribution is -0.138. The molecule has 0 saturated heterocycles. The molecule has 4 aromatic carbocycles. The van der Waals surface area contributed by atoms with Gasteiger partial charge in [-0.05, 0) is 53.1 Å². The fraction of sp³-hybridized carbons (Fsp3) is 0.250. The van der Waals surface area contributed by atoms with E-state index in [1.54, 1.807) is 6.92 Å². The molecule has 6 rings (SSSR count). The first-order chi connectivity index (χ1) is 24.7. The first-order valence-electron chi connectivity index (χ1n) is 17.7. The van der Waals surface area contributed by atoms with Gasteiger partial charge < -0.3 is 16.0 Å². The number of fused-ring (bicyclic) bond motifs is 1. The van der Waals surface area contributed by atoms with Crippen LogP contribution in [0.2, 0.25) is 0 Å². The van der Waals surface area contributed by atoms with Gasteiger partial charge in [0.05, 0.1) is 16.3 Å². The van der Waals surface area contributed by atoms with Gasteiger partial charge in [-0.3, -0.25) is 14.4 Å². The smallest absolute Gasteiger partial charge is 0.253 e. The Morgan fingerprint density at radius 2 is 0.804 bits per heavy atom. The zero-order chi connectivity index (χ0) is 36.3. The molecular formula is C44H47N3O3S. The number of carbonyl (C=O) groups excluding carboxylic acids is 3. The molecule has 0 aliphatic heterocycles. The van der Waals surface area contributed by atoms with Crippen molar-refractivity contribution in [3.8, 4) is 11.1 Å². The van der Waals surface area contributed by atoms with Crippen LogP contribution in [0.25, 0.3) is 11.1 Å². The molecule has 0 fully saturated rings. The highest BCUT2D eigenvalue weighted by atomic mass is 32.1. The third-order valence-electron chi connectivity index (χ3n) is 9.40. The molecule has 0 spiro atoms. The zero-order valence-electron chi connectivity index (χ0n) is 29.5. The Morgan fingerprint density at radius 1 is 0.510 bits per heavy atom. The van der Waals surface area contributed by atoms with Gasteiger partial charge in [0.2, 0.25) is 5.91 Å². The second-order valence-electron chi connectivity index (χ2n) is 12.9. The SMILES string of the molecule is CCCC(NC(=O)C(NC(=O)C(C)S)C(=O)NC(CCC)(c1ccccc1)c1ccccc1)(c1ccccc1)c1ccccc1.c1cc2ccc1-2. The molecule has 1 atom stereocenters. The van der Waals surface area contributed by atoms with Crippen molar-refractivity contribution in [3.05, 3.63) is 168 Å². The fourth-order valence-electron chi connectivity index (χ4n) is 6.71. The quantitative estimate of drug-likeness (QED) is 0.0684. The second-order valence-corrected chi connectivity index (χ2v) is 13.7. The number of amides is 3. The van der Waals surface area contributed by atoms with Gasteiger partial charge >= 0.3 is 0 Å². The Hall–Kier alpha value is -5.14. The molecule has 6 nitrogen and oxygen atoms in total. The lowest BCUT2D eigenvalue weighted by atomic mass is 9.78. The van der Waals surface area contributed by atoms with Crippen LogP contribution in [0, 0.1) is 0 Å². The van der Waals surface area contributed by atoms with E-state index in [4.69, 9.17) is 0 Å². The van der Waals surface area contributed by atoms with E-state index in [1.807, 2.05) is 121 Å². The molecule has 3 N–H and O–H groups in total. The highest BCUT2D eigenvalue weighted by molar-refractivity contribution is 7.81. The van der Waals surface area contributed by atoms with Gasteiger partial charge in [-0.15, -0.1) is 0 Å². The van der Waals surface area contributed by atoms with Crippen LogP contribution in [0.4, 0.5) is 0 Å². The summed E-state index contributed by atoms with van der Waals surface area (Å²) in [5.74, 6) is -1.74. The van der Waals surface area contributed by atoms with Gasteiger partial charge in [-0.25, -0.2) is 0 Å². The Balaban J connectivity index is 0.000000748. The highest BCUT2D eigenvalue weighted by Gasteiger charge is 2.42. The average molecular weight is 698 g/mol. The topological polar surface area (TPSA) is 87.3 Å². The molecule has 4 aromatic rings. The maximum absolute atomic E-state index is 14.5. The Bertz CT molecular complexity index is 1660. The van der Waals surface area contributed by atoms with Crippen LogP contribution in [-0.2, 0) is 25.5 Å². The van der Waals surface area contributed by atoms with Crippen LogP contribution >= 0.6 is 12.6 Å². The van der Waals surface area contributed by atoms with E-state index in [0.29, 0.717) is 12.8 Å². The Labute approximate surface area is 307 Å². The molecule has 1 unspecified atom stereocenters. The number of hydrogen-bond donors (Lipinski definition) is 4. The molecule has 0 aromatic heterocycles. The van der Waals surface area contributed by atoms with Gasteiger partial charge in [0.25, 0.3) is 11.8 Å². The highest BCUT2D eigenvalue weighted by Crippen LogP contribution is 2.36. The number of benzene rings is 5. The summed E-state index contributed by atoms with van der Waals surface area (Å²) in [5, 5.41) is 8.47. The van der Waals surface area contributed by atoms with Crippen molar-refractivity contribution >= 4 is 30.4 Å². The minimum absolute atomic E-state index is 0.519. The zero-order valence-corrected chi connectivity index (χ0v) is 30.4. The summed E-state index contributed by atoms with van der Waals surface area (Å²) in [5.41, 5.74) is 4.50. The van der Waals surface area contributed by atoms with Crippen molar-refractivity contribution in [2.75, 3.05) is 0 Å². The minimum Gasteiger partial charge on any atom is -0.340 e. The lowest BCUT2D eigenvalue weighted by Crippen LogP contribution is -2.62. The molecule has 0 heterocycles. The molecule has 2 aliphatic rings. The van der Waals surface area contributed by atoms with Gasteiger partial charge in [0.15, 0.2) is 6.04 Å². The number of thiol groups is 1. The van der Waals surface area contributed by atoms with E-state index in [1.165, 1.54) is 11.1 Å². The number of carbonyl (C=O) groups is 3. The molecule has 0 saturated carbocycles. The fourth-order valence-corrected chi connectivity index (χ4v) is 6.78. The summed E-state index contributed by atoms with van der Waals surface area (Å²) in [6.07, 6.45) is 2.66. The maximum Gasteiger partial charge on any atom is 0.253 e. The van der Waals surface area contributed by atoms with E-state index >= 15 is 0 Å². The van der Waals surface area contributed by atoms with Crippen LogP contribution in [0.1, 0.15) is 68.7 Å². The van der Waals surface area contributed by atoms with Crippen molar-refractivity contribution < 1.29 is 14.4 Å². The normalized spacial score (nSPS) is 12.2. The summed E-state index contributed by atoms with van der Waals surface area (Å²) in [4.78, 5) is 42.0. The van der Waals surface area contributed by atoms with Gasteiger partial charge in [-0.2, -0.15) is 12.6 Å². The minimum atomic E-state index is -1.53. The first-order valence-corrected chi connectivity index (χ1v) is 18.2. The van der Waals surface area contributed by atoms with E-state index in [9.17, 15) is 14.4 Å². The Morgan fingerprint density at radius 3 is 1.02 bits per heavy atom. The number of hydrogen-bond acceptors (Lipinski definition) is 4. The largest absolute Gasteiger partial charge is 0.340 e. The maximum atomic E-state index is 14.5. The predicted octanol–water partition coefficient (Wildman–Crippen LogP) is 8.18. The molecule has 51 heavy (non-hydrogen) atoms. The van der Waals surface area contributed by atoms with Crippen LogP contribution in [-0.4, -0.2) is 29.0 Å². The molecule has 7 heteroatoms. The van der Waals surface area contributed by atoms with E-state index in [-0.39, 0.29) is 0 Å². The van der Waals surface area contributed by atoms with Gasteiger partial charge in [-0.1, -0.05) is 172 Å². The summed E-state index contributed by atoms with van der Waals surface area (Å²) in [7, 11) is 0. The van der Waals surface area contributed by atoms with E-state index in [2.05, 4.69) is 66.7 Å². The molecule has 0 radical (unpaired) electrons. The summed E-state index contributed by atoms with van der Waals surface area (Å²) < 4.78 is 0. The van der Waals surface area contributed by atoms with Crippen molar-refractivity contribution in [1.29, 1.82) is 0 Å². The Kier molecular flexibility index (Phi) is 12.5. The monoisotopic (exact) mass is 697 g/mol. The third kappa shape index (κ3) is 8.43. The first kappa shape index (κ1) is 37.1. The van der Waals surface area contributed by atoms with Crippen LogP contribution < -0.4 is 16.0 Å². The summed E-state index contributed by atoms with van der Waals surface area (Å²) in [6.45, 7) is 5.72. The van der Waals surface area contributed by atoms with Crippen molar-refractivity contribution in [1.82, 2.24) is 16.0 Å². The molecular weight excluding hydrogens is 651 g/mol. The molecule has 262 valence electrons. The van der Waals surface area contributed by atoms with Crippen molar-refractivity contribution in [2.24, 2.45) is 0 Å². The molecule has 0 bridgehead atoms. The van der Waals surface area contributed by atoms with Crippen LogP contribution in [0.15, 0.2) is 146 Å². The van der Waals surface area contributed by atoms with Crippen molar-refractivity contribution in [3.63, 3.8) is 0 Å². The predicted molar refractivity (Wildman–Crippen MR) is 209 cm³/mol. The van der Waals surface area contributed by atoms with Gasteiger partial charge in [0, 0.05) is 0 Å². The molecule has 3 amide bonds. The number of rotatable bonds is 14. The standard InChI is InChI=1S/C38H43N3O3S.C6H4/c1-4-26-37(29-18-10-6-11-19-29,30-20-12-7-13-21-30)40-35(43)33(39-34(42)28(3)45)36(44)41-38(27-5-2,31-22-14-8-15-23-31)32-24-16-9-17-25-32;1-2-6-4-3-5(1)6/h6-25,28,33,45H,4-5,26-27H2,1-3H3,(H,39,42)(H,40,43)(H,41,44);1-4H. The van der Waals surface area contributed by atoms with Crippen LogP contribution in [0.5, 0.6) is 0 Å². The van der Waals surface area contributed by atoms with Crippen molar-refractivity contribution in [2.45, 2.75) is 68.8 Å². The average Bonchev–Trinajstić information content (AvgIpc) is 3.16. The third-order valence-corrected chi connectivity index (χ3v) is 9.63. The van der Waals surface area contributed by atoms with E-state index < -0.39 is 40.1 Å².